The molecule has 2 aliphatic rings. The van der Waals surface area contributed by atoms with Crippen LogP contribution in [0.15, 0.2) is 18.2 Å². The number of likely N-dealkylation sites (tertiary alicyclic amines) is 1. The van der Waals surface area contributed by atoms with Gasteiger partial charge in [-0.05, 0) is 62.6 Å². The fourth-order valence-electron chi connectivity index (χ4n) is 4.48. The van der Waals surface area contributed by atoms with E-state index in [0.29, 0.717) is 5.92 Å². The van der Waals surface area contributed by atoms with Gasteiger partial charge in [-0.3, -0.25) is 9.69 Å². The average Bonchev–Trinajstić information content (AvgIpc) is 3.03. The van der Waals surface area contributed by atoms with Gasteiger partial charge in [-0.15, -0.1) is 12.4 Å². The molecule has 1 aromatic carbocycles. The van der Waals surface area contributed by atoms with E-state index in [0.717, 1.165) is 42.2 Å². The van der Waals surface area contributed by atoms with Crippen molar-refractivity contribution in [3.05, 3.63) is 29.3 Å². The van der Waals surface area contributed by atoms with Crippen LogP contribution in [0.4, 0.5) is 5.69 Å². The molecule has 23 heavy (non-hydrogen) atoms. The number of carbonyl (C=O) groups excluding carboxylic acids is 1. The number of anilines is 1. The predicted octanol–water partition coefficient (Wildman–Crippen LogP) is 4.17. The molecule has 1 aliphatic carbocycles. The second kappa shape index (κ2) is 7.67. The lowest BCUT2D eigenvalue weighted by atomic mass is 9.93. The Kier molecular flexibility index (Phi) is 6.10. The molecule has 4 heteroatoms. The van der Waals surface area contributed by atoms with Crippen molar-refractivity contribution in [1.29, 1.82) is 0 Å². The molecule has 1 aromatic rings. The number of nitrogens with zero attached hydrogens (tertiary/aromatic N) is 1. The van der Waals surface area contributed by atoms with Gasteiger partial charge in [0.05, 0.1) is 6.04 Å². The minimum absolute atomic E-state index is 0. The summed E-state index contributed by atoms with van der Waals surface area (Å²) in [6, 6.07) is 6.26. The summed E-state index contributed by atoms with van der Waals surface area (Å²) in [5.41, 5.74) is 3.30. The highest BCUT2D eigenvalue weighted by Gasteiger charge is 2.47. The first-order valence-corrected chi connectivity index (χ1v) is 8.73. The van der Waals surface area contributed by atoms with E-state index in [9.17, 15) is 4.79 Å². The van der Waals surface area contributed by atoms with E-state index in [-0.39, 0.29) is 24.4 Å². The average molecular weight is 337 g/mol. The zero-order chi connectivity index (χ0) is 15.7. The number of benzene rings is 1. The van der Waals surface area contributed by atoms with Crippen molar-refractivity contribution >= 4 is 24.0 Å². The number of halogens is 1. The molecule has 128 valence electrons. The lowest BCUT2D eigenvalue weighted by molar-refractivity contribution is -0.121. The van der Waals surface area contributed by atoms with Gasteiger partial charge >= 0.3 is 0 Å². The monoisotopic (exact) mass is 336 g/mol. The van der Waals surface area contributed by atoms with Gasteiger partial charge in [0.1, 0.15) is 0 Å². The number of rotatable bonds is 4. The van der Waals surface area contributed by atoms with E-state index in [4.69, 9.17) is 0 Å². The maximum Gasteiger partial charge on any atom is 0.242 e. The van der Waals surface area contributed by atoms with Crippen LogP contribution in [0.25, 0.3) is 0 Å². The smallest absolute Gasteiger partial charge is 0.242 e. The number of nitrogens with one attached hydrogen (secondary N) is 1. The van der Waals surface area contributed by atoms with Crippen LogP contribution in [0.1, 0.15) is 43.7 Å². The summed E-state index contributed by atoms with van der Waals surface area (Å²) in [6.45, 7) is 8.49. The molecule has 1 saturated carbocycles. The maximum absolute atomic E-state index is 13.0. The molecule has 0 radical (unpaired) electrons. The number of para-hydroxylation sites is 1. The van der Waals surface area contributed by atoms with Crippen LogP contribution in [0.5, 0.6) is 0 Å². The lowest BCUT2D eigenvalue weighted by Gasteiger charge is -2.27. The summed E-state index contributed by atoms with van der Waals surface area (Å²) in [5.74, 6) is 1.51. The molecule has 1 N–H and O–H groups in total. The van der Waals surface area contributed by atoms with Crippen molar-refractivity contribution in [3.63, 3.8) is 0 Å². The number of hydrogen-bond donors (Lipinski definition) is 1. The standard InChI is InChI=1S/C19H28N2O.ClH/c1-4-11-21-12-15-9-6-10-16(15)18(21)19(22)20-17-13(2)7-5-8-14(17)3;/h5,7-8,15-16,18H,4,6,9-12H2,1-3H3,(H,20,22);1H/t15-,16-,18-;/m1./s1. The second-order valence-electron chi connectivity index (χ2n) is 7.05. The molecule has 1 saturated heterocycles. The van der Waals surface area contributed by atoms with Crippen molar-refractivity contribution in [2.24, 2.45) is 11.8 Å². The zero-order valence-corrected chi connectivity index (χ0v) is 15.3. The molecule has 0 spiro atoms. The number of amides is 1. The third kappa shape index (κ3) is 3.56. The minimum atomic E-state index is 0. The summed E-state index contributed by atoms with van der Waals surface area (Å²) < 4.78 is 0. The Balaban J connectivity index is 0.00000192. The Morgan fingerprint density at radius 1 is 1.26 bits per heavy atom. The van der Waals surface area contributed by atoms with E-state index < -0.39 is 0 Å². The van der Waals surface area contributed by atoms with Crippen LogP contribution in [0.2, 0.25) is 0 Å². The van der Waals surface area contributed by atoms with E-state index >= 15 is 0 Å². The number of fused-ring (bicyclic) bond motifs is 1. The largest absolute Gasteiger partial charge is 0.324 e. The van der Waals surface area contributed by atoms with Crippen LogP contribution in [-0.2, 0) is 4.79 Å². The normalized spacial score (nSPS) is 26.7. The van der Waals surface area contributed by atoms with Gasteiger partial charge in [0.15, 0.2) is 0 Å². The molecule has 3 nitrogen and oxygen atoms in total. The van der Waals surface area contributed by atoms with Crippen LogP contribution in [-0.4, -0.2) is 29.9 Å². The number of carbonyl (C=O) groups is 1. The van der Waals surface area contributed by atoms with Crippen molar-refractivity contribution < 1.29 is 4.79 Å². The molecule has 1 aliphatic heterocycles. The van der Waals surface area contributed by atoms with Crippen molar-refractivity contribution in [2.75, 3.05) is 18.4 Å². The predicted molar refractivity (Wildman–Crippen MR) is 98.3 cm³/mol. The Bertz CT molecular complexity index is 540. The lowest BCUT2D eigenvalue weighted by Crippen LogP contribution is -2.43. The van der Waals surface area contributed by atoms with E-state index in [2.05, 4.69) is 43.1 Å². The first-order valence-electron chi connectivity index (χ1n) is 8.73. The highest BCUT2D eigenvalue weighted by Crippen LogP contribution is 2.42. The third-order valence-electron chi connectivity index (χ3n) is 5.49. The summed E-state index contributed by atoms with van der Waals surface area (Å²) in [4.78, 5) is 15.4. The van der Waals surface area contributed by atoms with Crippen LogP contribution in [0.3, 0.4) is 0 Å². The third-order valence-corrected chi connectivity index (χ3v) is 5.49. The van der Waals surface area contributed by atoms with Gasteiger partial charge in [-0.2, -0.15) is 0 Å². The van der Waals surface area contributed by atoms with E-state index in [1.54, 1.807) is 0 Å². The fourth-order valence-corrected chi connectivity index (χ4v) is 4.48. The Morgan fingerprint density at radius 3 is 2.61 bits per heavy atom. The zero-order valence-electron chi connectivity index (χ0n) is 14.5. The molecule has 1 amide bonds. The van der Waals surface area contributed by atoms with Crippen molar-refractivity contribution in [2.45, 2.75) is 52.5 Å². The maximum atomic E-state index is 13.0. The van der Waals surface area contributed by atoms with Crippen molar-refractivity contribution in [3.8, 4) is 0 Å². The molecular formula is C19H29ClN2O. The van der Waals surface area contributed by atoms with Gasteiger partial charge in [-0.1, -0.05) is 31.5 Å². The van der Waals surface area contributed by atoms with Gasteiger partial charge in [0, 0.05) is 12.2 Å². The van der Waals surface area contributed by atoms with Crippen molar-refractivity contribution in [1.82, 2.24) is 4.90 Å². The molecule has 0 aromatic heterocycles. The molecule has 1 heterocycles. The molecule has 3 rings (SSSR count). The molecule has 0 unspecified atom stereocenters. The Labute approximate surface area is 146 Å². The SMILES string of the molecule is CCCN1C[C@H]2CCC[C@H]2[C@@H]1C(=O)Nc1c(C)cccc1C.Cl. The van der Waals surface area contributed by atoms with E-state index in [1.807, 2.05) is 6.07 Å². The summed E-state index contributed by atoms with van der Waals surface area (Å²) >= 11 is 0. The summed E-state index contributed by atoms with van der Waals surface area (Å²) in [7, 11) is 0. The molecule has 0 bridgehead atoms. The van der Waals surface area contributed by atoms with Gasteiger partial charge in [0.2, 0.25) is 5.91 Å². The highest BCUT2D eigenvalue weighted by molar-refractivity contribution is 5.96. The Hall–Kier alpha value is -1.06. The molecule has 2 fully saturated rings. The Morgan fingerprint density at radius 2 is 1.96 bits per heavy atom. The number of hydrogen-bond acceptors (Lipinski definition) is 2. The van der Waals surface area contributed by atoms with Gasteiger partial charge < -0.3 is 5.32 Å². The summed E-state index contributed by atoms with van der Waals surface area (Å²) in [6.07, 6.45) is 4.93. The highest BCUT2D eigenvalue weighted by atomic mass is 35.5. The van der Waals surface area contributed by atoms with Gasteiger partial charge in [-0.25, -0.2) is 0 Å². The number of aryl methyl sites for hydroxylation is 2. The summed E-state index contributed by atoms with van der Waals surface area (Å²) in [5, 5.41) is 3.24. The van der Waals surface area contributed by atoms with Crippen LogP contribution >= 0.6 is 12.4 Å². The first kappa shape index (κ1) is 18.3. The first-order chi connectivity index (χ1) is 10.6. The minimum Gasteiger partial charge on any atom is -0.324 e. The van der Waals surface area contributed by atoms with E-state index in [1.165, 1.54) is 19.3 Å². The van der Waals surface area contributed by atoms with Crippen LogP contribution < -0.4 is 5.32 Å². The second-order valence-corrected chi connectivity index (χ2v) is 7.05. The topological polar surface area (TPSA) is 32.3 Å². The fraction of sp³-hybridized carbons (Fsp3) is 0.632. The van der Waals surface area contributed by atoms with Gasteiger partial charge in [0.25, 0.3) is 0 Å². The molecule has 3 atom stereocenters. The van der Waals surface area contributed by atoms with Crippen LogP contribution in [0, 0.1) is 25.7 Å². The molecular weight excluding hydrogens is 308 g/mol. The quantitative estimate of drug-likeness (QED) is 0.894.